The van der Waals surface area contributed by atoms with Gasteiger partial charge in [0.15, 0.2) is 0 Å². The fraction of sp³-hybridized carbons (Fsp3) is 0.533. The van der Waals surface area contributed by atoms with Gasteiger partial charge in [-0.05, 0) is 25.1 Å². The van der Waals surface area contributed by atoms with E-state index >= 15 is 0 Å². The summed E-state index contributed by atoms with van der Waals surface area (Å²) in [5, 5.41) is 12.6. The quantitative estimate of drug-likeness (QED) is 0.750. The van der Waals surface area contributed by atoms with Gasteiger partial charge in [0, 0.05) is 25.1 Å². The lowest BCUT2D eigenvalue weighted by Crippen LogP contribution is -2.33. The highest BCUT2D eigenvalue weighted by atomic mass is 16.3. The molecule has 2 rings (SSSR count). The van der Waals surface area contributed by atoms with Crippen LogP contribution in [0, 0.1) is 5.41 Å². The van der Waals surface area contributed by atoms with E-state index < -0.39 is 0 Å². The van der Waals surface area contributed by atoms with Crippen molar-refractivity contribution in [2.75, 3.05) is 19.7 Å². The number of hydrogen-bond donors (Lipinski definition) is 2. The molecule has 0 unspecified atom stereocenters. The molecule has 0 aliphatic heterocycles. The first kappa shape index (κ1) is 14.0. The van der Waals surface area contributed by atoms with Crippen molar-refractivity contribution in [1.29, 1.82) is 0 Å². The standard InChI is InChI=1S/C15H23N3O/c1-15(2,11-19)10-16-8-5-9-18-12-17-13-6-3-4-7-14(13)18/h3-4,6-7,12,16,19H,5,8-11H2,1-2H3. The van der Waals surface area contributed by atoms with Crippen molar-refractivity contribution in [3.05, 3.63) is 30.6 Å². The molecule has 4 heteroatoms. The van der Waals surface area contributed by atoms with Gasteiger partial charge in [0.25, 0.3) is 0 Å². The van der Waals surface area contributed by atoms with Crippen LogP contribution in [-0.2, 0) is 6.54 Å². The zero-order valence-electron chi connectivity index (χ0n) is 11.8. The highest BCUT2D eigenvalue weighted by Crippen LogP contribution is 2.12. The lowest BCUT2D eigenvalue weighted by atomic mass is 9.95. The molecule has 0 amide bonds. The lowest BCUT2D eigenvalue weighted by Gasteiger charge is -2.21. The van der Waals surface area contributed by atoms with Crippen LogP contribution in [0.1, 0.15) is 20.3 Å². The Kier molecular flexibility index (Phi) is 4.56. The number of imidazole rings is 1. The number of nitrogens with zero attached hydrogens (tertiary/aromatic N) is 2. The minimum atomic E-state index is -0.0400. The molecule has 0 radical (unpaired) electrons. The number of hydrogen-bond acceptors (Lipinski definition) is 3. The Balaban J connectivity index is 1.77. The fourth-order valence-corrected chi connectivity index (χ4v) is 2.05. The second-order valence-electron chi connectivity index (χ2n) is 5.78. The predicted octanol–water partition coefficient (Wildman–Crippen LogP) is 2.03. The number of aliphatic hydroxyl groups is 1. The van der Waals surface area contributed by atoms with Crippen LogP contribution in [0.3, 0.4) is 0 Å². The Morgan fingerprint density at radius 3 is 2.89 bits per heavy atom. The van der Waals surface area contributed by atoms with Crippen LogP contribution in [-0.4, -0.2) is 34.4 Å². The third kappa shape index (κ3) is 3.78. The van der Waals surface area contributed by atoms with Gasteiger partial charge in [-0.1, -0.05) is 26.0 Å². The zero-order chi connectivity index (χ0) is 13.7. The van der Waals surface area contributed by atoms with Crippen LogP contribution in [0.25, 0.3) is 11.0 Å². The molecule has 0 saturated carbocycles. The molecule has 0 aliphatic rings. The maximum absolute atomic E-state index is 9.17. The summed E-state index contributed by atoms with van der Waals surface area (Å²) in [6, 6.07) is 8.19. The molecule has 1 heterocycles. The van der Waals surface area contributed by atoms with E-state index in [0.717, 1.165) is 31.6 Å². The summed E-state index contributed by atoms with van der Waals surface area (Å²) in [4.78, 5) is 4.38. The van der Waals surface area contributed by atoms with Crippen LogP contribution in [0.2, 0.25) is 0 Å². The predicted molar refractivity (Wildman–Crippen MR) is 78.1 cm³/mol. The minimum Gasteiger partial charge on any atom is -0.396 e. The fourth-order valence-electron chi connectivity index (χ4n) is 2.05. The number of fused-ring (bicyclic) bond motifs is 1. The number of rotatable bonds is 7. The summed E-state index contributed by atoms with van der Waals surface area (Å²) < 4.78 is 2.19. The SMILES string of the molecule is CC(C)(CO)CNCCCn1cnc2ccccc21. The van der Waals surface area contributed by atoms with Gasteiger partial charge in [-0.3, -0.25) is 0 Å². The van der Waals surface area contributed by atoms with E-state index in [1.807, 2.05) is 24.5 Å². The van der Waals surface area contributed by atoms with E-state index in [-0.39, 0.29) is 12.0 Å². The van der Waals surface area contributed by atoms with Gasteiger partial charge in [0.05, 0.1) is 17.4 Å². The molecule has 0 atom stereocenters. The summed E-state index contributed by atoms with van der Waals surface area (Å²) in [6.07, 6.45) is 2.96. The summed E-state index contributed by atoms with van der Waals surface area (Å²) in [6.45, 7) is 7.09. The molecule has 104 valence electrons. The Morgan fingerprint density at radius 1 is 1.32 bits per heavy atom. The summed E-state index contributed by atoms with van der Waals surface area (Å²) in [5.41, 5.74) is 2.21. The van der Waals surface area contributed by atoms with Crippen LogP contribution >= 0.6 is 0 Å². The smallest absolute Gasteiger partial charge is 0.0958 e. The van der Waals surface area contributed by atoms with E-state index in [2.05, 4.69) is 34.8 Å². The Hall–Kier alpha value is -1.39. The van der Waals surface area contributed by atoms with Gasteiger partial charge in [0.2, 0.25) is 0 Å². The Labute approximate surface area is 114 Å². The summed E-state index contributed by atoms with van der Waals surface area (Å²) >= 11 is 0. The minimum absolute atomic E-state index is 0.0400. The molecule has 1 aromatic heterocycles. The van der Waals surface area contributed by atoms with Crippen molar-refractivity contribution in [2.45, 2.75) is 26.8 Å². The number of para-hydroxylation sites is 2. The van der Waals surface area contributed by atoms with Gasteiger partial charge in [-0.2, -0.15) is 0 Å². The maximum Gasteiger partial charge on any atom is 0.0958 e. The molecule has 19 heavy (non-hydrogen) atoms. The monoisotopic (exact) mass is 261 g/mol. The van der Waals surface area contributed by atoms with E-state index in [1.165, 1.54) is 5.52 Å². The number of aryl methyl sites for hydroxylation is 1. The number of aliphatic hydroxyl groups excluding tert-OH is 1. The third-order valence-electron chi connectivity index (χ3n) is 3.31. The van der Waals surface area contributed by atoms with Crippen molar-refractivity contribution in [3.8, 4) is 0 Å². The van der Waals surface area contributed by atoms with Gasteiger partial charge < -0.3 is 15.0 Å². The Morgan fingerprint density at radius 2 is 2.11 bits per heavy atom. The molecule has 0 aliphatic carbocycles. The first-order chi connectivity index (χ1) is 9.12. The van der Waals surface area contributed by atoms with Crippen molar-refractivity contribution in [3.63, 3.8) is 0 Å². The molecule has 2 N–H and O–H groups in total. The van der Waals surface area contributed by atoms with Gasteiger partial charge >= 0.3 is 0 Å². The zero-order valence-corrected chi connectivity index (χ0v) is 11.8. The molecule has 0 saturated heterocycles. The largest absolute Gasteiger partial charge is 0.396 e. The highest BCUT2D eigenvalue weighted by molar-refractivity contribution is 5.74. The molecule has 1 aromatic carbocycles. The van der Waals surface area contributed by atoms with Crippen molar-refractivity contribution in [1.82, 2.24) is 14.9 Å². The van der Waals surface area contributed by atoms with Crippen LogP contribution in [0.15, 0.2) is 30.6 Å². The Bertz CT molecular complexity index is 519. The third-order valence-corrected chi connectivity index (χ3v) is 3.31. The molecule has 2 aromatic rings. The number of aromatic nitrogens is 2. The second-order valence-corrected chi connectivity index (χ2v) is 5.78. The van der Waals surface area contributed by atoms with Crippen molar-refractivity contribution >= 4 is 11.0 Å². The van der Waals surface area contributed by atoms with E-state index in [4.69, 9.17) is 5.11 Å². The van der Waals surface area contributed by atoms with E-state index in [9.17, 15) is 0 Å². The summed E-state index contributed by atoms with van der Waals surface area (Å²) in [7, 11) is 0. The van der Waals surface area contributed by atoms with Crippen molar-refractivity contribution in [2.24, 2.45) is 5.41 Å². The van der Waals surface area contributed by atoms with Crippen LogP contribution in [0.4, 0.5) is 0 Å². The van der Waals surface area contributed by atoms with Crippen molar-refractivity contribution < 1.29 is 5.11 Å². The second kappa shape index (κ2) is 6.17. The molecular weight excluding hydrogens is 238 g/mol. The molecule has 4 nitrogen and oxygen atoms in total. The average molecular weight is 261 g/mol. The number of benzene rings is 1. The van der Waals surface area contributed by atoms with Gasteiger partial charge in [0.1, 0.15) is 0 Å². The number of nitrogens with one attached hydrogen (secondary N) is 1. The first-order valence-electron chi connectivity index (χ1n) is 6.84. The maximum atomic E-state index is 9.17. The van der Waals surface area contributed by atoms with Gasteiger partial charge in [-0.15, -0.1) is 0 Å². The average Bonchev–Trinajstić information content (AvgIpc) is 2.82. The normalized spacial score (nSPS) is 12.2. The lowest BCUT2D eigenvalue weighted by molar-refractivity contribution is 0.157. The molecule has 0 spiro atoms. The van der Waals surface area contributed by atoms with E-state index in [1.54, 1.807) is 0 Å². The van der Waals surface area contributed by atoms with Crippen LogP contribution in [0.5, 0.6) is 0 Å². The molecular formula is C15H23N3O. The topological polar surface area (TPSA) is 50.1 Å². The van der Waals surface area contributed by atoms with E-state index in [0.29, 0.717) is 0 Å². The first-order valence-corrected chi connectivity index (χ1v) is 6.84. The van der Waals surface area contributed by atoms with Gasteiger partial charge in [-0.25, -0.2) is 4.98 Å². The molecule has 0 fully saturated rings. The summed E-state index contributed by atoms with van der Waals surface area (Å²) in [5.74, 6) is 0. The van der Waals surface area contributed by atoms with Crippen LogP contribution < -0.4 is 5.32 Å². The highest BCUT2D eigenvalue weighted by Gasteiger charge is 2.14. The molecule has 0 bridgehead atoms.